The maximum absolute atomic E-state index is 11.8. The zero-order valence-electron chi connectivity index (χ0n) is 8.55. The first-order valence-electron chi connectivity index (χ1n) is 4.73. The van der Waals surface area contributed by atoms with E-state index in [0.29, 0.717) is 17.1 Å². The molecule has 4 N–H and O–H groups in total. The monoisotopic (exact) mass is 234 g/mol. The van der Waals surface area contributed by atoms with E-state index in [1.807, 2.05) is 0 Å². The van der Waals surface area contributed by atoms with Crippen LogP contribution in [0.5, 0.6) is 5.75 Å². The highest BCUT2D eigenvalue weighted by atomic mass is 19.4. The molecule has 0 heterocycles. The predicted molar refractivity (Wildman–Crippen MR) is 56.1 cm³/mol. The zero-order valence-corrected chi connectivity index (χ0v) is 8.55. The molecule has 0 aliphatic heterocycles. The van der Waals surface area contributed by atoms with Gasteiger partial charge < -0.3 is 16.2 Å². The summed E-state index contributed by atoms with van der Waals surface area (Å²) in [7, 11) is 0. The Morgan fingerprint density at radius 2 is 1.81 bits per heavy atom. The molecule has 90 valence electrons. The Labute approximate surface area is 91.2 Å². The van der Waals surface area contributed by atoms with Crippen molar-refractivity contribution in [3.8, 4) is 5.75 Å². The Morgan fingerprint density at radius 3 is 2.38 bits per heavy atom. The topological polar surface area (TPSA) is 61.3 Å². The highest BCUT2D eigenvalue weighted by molar-refractivity contribution is 5.65. The Balaban J connectivity index is 2.35. The van der Waals surface area contributed by atoms with Crippen molar-refractivity contribution in [3.05, 3.63) is 18.2 Å². The lowest BCUT2D eigenvalue weighted by Gasteiger charge is -2.09. The van der Waals surface area contributed by atoms with Gasteiger partial charge in [-0.05, 0) is 18.6 Å². The molecule has 0 aliphatic rings. The van der Waals surface area contributed by atoms with Crippen molar-refractivity contribution in [2.75, 3.05) is 18.1 Å². The van der Waals surface area contributed by atoms with Crippen LogP contribution in [0, 0.1) is 0 Å². The highest BCUT2D eigenvalue weighted by Crippen LogP contribution is 2.23. The van der Waals surface area contributed by atoms with Crippen molar-refractivity contribution in [3.63, 3.8) is 0 Å². The van der Waals surface area contributed by atoms with Crippen LogP contribution in [0.15, 0.2) is 18.2 Å². The smallest absolute Gasteiger partial charge is 0.389 e. The molecule has 0 aromatic heterocycles. The second-order valence-corrected chi connectivity index (χ2v) is 3.36. The van der Waals surface area contributed by atoms with Crippen molar-refractivity contribution in [2.45, 2.75) is 19.0 Å². The molecular weight excluding hydrogens is 221 g/mol. The van der Waals surface area contributed by atoms with Gasteiger partial charge in [0.1, 0.15) is 5.75 Å². The average molecular weight is 234 g/mol. The first kappa shape index (κ1) is 12.5. The number of hydrogen-bond acceptors (Lipinski definition) is 3. The molecule has 0 unspecified atom stereocenters. The number of anilines is 2. The minimum atomic E-state index is -4.14. The first-order chi connectivity index (χ1) is 7.38. The van der Waals surface area contributed by atoms with Crippen molar-refractivity contribution in [2.24, 2.45) is 0 Å². The molecule has 0 bridgehead atoms. The second kappa shape index (κ2) is 4.96. The van der Waals surface area contributed by atoms with Crippen molar-refractivity contribution >= 4 is 11.4 Å². The summed E-state index contributed by atoms with van der Waals surface area (Å²) >= 11 is 0. The zero-order chi connectivity index (χ0) is 12.2. The summed E-state index contributed by atoms with van der Waals surface area (Å²) in [4.78, 5) is 0. The van der Waals surface area contributed by atoms with Crippen molar-refractivity contribution in [1.29, 1.82) is 0 Å². The summed E-state index contributed by atoms with van der Waals surface area (Å²) in [6.07, 6.45) is -5.06. The molecule has 6 heteroatoms. The molecule has 0 radical (unpaired) electrons. The van der Waals surface area contributed by atoms with Crippen LogP contribution >= 0.6 is 0 Å². The maximum Gasteiger partial charge on any atom is 0.389 e. The van der Waals surface area contributed by atoms with E-state index < -0.39 is 12.6 Å². The number of alkyl halides is 3. The number of rotatable bonds is 4. The molecule has 16 heavy (non-hydrogen) atoms. The summed E-state index contributed by atoms with van der Waals surface area (Å²) in [6.45, 7) is 0.00285. The fourth-order valence-electron chi connectivity index (χ4n) is 1.11. The number of nitrogen functional groups attached to an aromatic ring is 2. The van der Waals surface area contributed by atoms with Crippen LogP contribution in [0.1, 0.15) is 12.8 Å². The van der Waals surface area contributed by atoms with Gasteiger partial charge >= 0.3 is 6.18 Å². The van der Waals surface area contributed by atoms with Crippen LogP contribution in [0.2, 0.25) is 0 Å². The SMILES string of the molecule is Nc1ccc(OCCCC(F)(F)F)cc1N. The van der Waals surface area contributed by atoms with Gasteiger partial charge in [0.2, 0.25) is 0 Å². The number of nitrogens with two attached hydrogens (primary N) is 2. The Morgan fingerprint density at radius 1 is 1.12 bits per heavy atom. The Bertz CT molecular complexity index is 352. The summed E-state index contributed by atoms with van der Waals surface area (Å²) in [5.74, 6) is 0.425. The summed E-state index contributed by atoms with van der Waals surface area (Å²) in [6, 6.07) is 4.61. The van der Waals surface area contributed by atoms with Crippen molar-refractivity contribution in [1.82, 2.24) is 0 Å². The molecule has 0 saturated heterocycles. The lowest BCUT2D eigenvalue weighted by molar-refractivity contribution is -0.136. The summed E-state index contributed by atoms with van der Waals surface area (Å²) < 4.78 is 40.5. The van der Waals surface area contributed by atoms with Crippen LogP contribution in [0.4, 0.5) is 24.5 Å². The molecule has 0 atom stereocenters. The van der Waals surface area contributed by atoms with Crippen molar-refractivity contribution < 1.29 is 17.9 Å². The van der Waals surface area contributed by atoms with Gasteiger partial charge in [-0.1, -0.05) is 0 Å². The summed E-state index contributed by atoms with van der Waals surface area (Å²) in [5, 5.41) is 0. The second-order valence-electron chi connectivity index (χ2n) is 3.36. The quantitative estimate of drug-likeness (QED) is 0.621. The fraction of sp³-hybridized carbons (Fsp3) is 0.400. The van der Waals surface area contributed by atoms with E-state index >= 15 is 0 Å². The van der Waals surface area contributed by atoms with Gasteiger partial charge in [-0.3, -0.25) is 0 Å². The minimum absolute atomic E-state index is 0.00285. The first-order valence-corrected chi connectivity index (χ1v) is 4.73. The third kappa shape index (κ3) is 4.29. The van der Waals surface area contributed by atoms with E-state index in [1.165, 1.54) is 6.07 Å². The Hall–Kier alpha value is -1.59. The van der Waals surface area contributed by atoms with Crippen LogP contribution in [0.25, 0.3) is 0 Å². The van der Waals surface area contributed by atoms with Gasteiger partial charge in [-0.15, -0.1) is 0 Å². The van der Waals surface area contributed by atoms with Gasteiger partial charge in [-0.2, -0.15) is 13.2 Å². The van der Waals surface area contributed by atoms with Gasteiger partial charge in [0, 0.05) is 12.5 Å². The fourth-order valence-corrected chi connectivity index (χ4v) is 1.11. The largest absolute Gasteiger partial charge is 0.494 e. The molecule has 0 amide bonds. The minimum Gasteiger partial charge on any atom is -0.494 e. The molecule has 0 aliphatic carbocycles. The van der Waals surface area contributed by atoms with Gasteiger partial charge in [0.15, 0.2) is 0 Å². The average Bonchev–Trinajstić information content (AvgIpc) is 2.17. The Kier molecular flexibility index (Phi) is 3.87. The molecule has 0 fully saturated rings. The standard InChI is InChI=1S/C10H13F3N2O/c11-10(12,13)4-1-5-16-7-2-3-8(14)9(15)6-7/h2-3,6H,1,4-5,14-15H2. The molecule has 3 nitrogen and oxygen atoms in total. The summed E-state index contributed by atoms with van der Waals surface area (Å²) in [5.41, 5.74) is 11.8. The van der Waals surface area contributed by atoms with E-state index in [4.69, 9.17) is 16.2 Å². The third-order valence-corrected chi connectivity index (χ3v) is 1.93. The molecule has 1 aromatic carbocycles. The van der Waals surface area contributed by atoms with E-state index in [2.05, 4.69) is 0 Å². The van der Waals surface area contributed by atoms with E-state index in [0.717, 1.165) is 0 Å². The van der Waals surface area contributed by atoms with E-state index in [9.17, 15) is 13.2 Å². The van der Waals surface area contributed by atoms with E-state index in [-0.39, 0.29) is 13.0 Å². The third-order valence-electron chi connectivity index (χ3n) is 1.93. The van der Waals surface area contributed by atoms with Crippen LogP contribution < -0.4 is 16.2 Å². The maximum atomic E-state index is 11.8. The van der Waals surface area contributed by atoms with Crippen LogP contribution in [-0.4, -0.2) is 12.8 Å². The molecule has 0 saturated carbocycles. The van der Waals surface area contributed by atoms with Gasteiger partial charge in [0.05, 0.1) is 18.0 Å². The molecular formula is C10H13F3N2O. The predicted octanol–water partition coefficient (Wildman–Crippen LogP) is 2.57. The van der Waals surface area contributed by atoms with Crippen LogP contribution in [0.3, 0.4) is 0 Å². The van der Waals surface area contributed by atoms with Gasteiger partial charge in [0.25, 0.3) is 0 Å². The van der Waals surface area contributed by atoms with E-state index in [1.54, 1.807) is 12.1 Å². The number of benzene rings is 1. The molecule has 0 spiro atoms. The number of halogens is 3. The highest BCUT2D eigenvalue weighted by Gasteiger charge is 2.26. The number of ether oxygens (including phenoxy) is 1. The van der Waals surface area contributed by atoms with Gasteiger partial charge in [-0.25, -0.2) is 0 Å². The normalized spacial score (nSPS) is 11.4. The molecule has 1 aromatic rings. The lowest BCUT2D eigenvalue weighted by Crippen LogP contribution is -2.09. The van der Waals surface area contributed by atoms with Crippen LogP contribution in [-0.2, 0) is 0 Å². The molecule has 1 rings (SSSR count). The lowest BCUT2D eigenvalue weighted by atomic mass is 10.2. The number of hydrogen-bond donors (Lipinski definition) is 2.